The number of nitrogens with zero attached hydrogens (tertiary/aromatic N) is 1. The van der Waals surface area contributed by atoms with Crippen molar-refractivity contribution in [3.8, 4) is 6.07 Å². The molecule has 1 rings (SSSR count). The number of rotatable bonds is 5. The lowest BCUT2D eigenvalue weighted by Crippen LogP contribution is -2.36. The van der Waals surface area contributed by atoms with E-state index in [9.17, 15) is 9.59 Å². The molecule has 0 bridgehead atoms. The Bertz CT molecular complexity index is 508. The molecule has 3 N–H and O–H groups in total. The number of hydrogen-bond acceptors (Lipinski definition) is 3. The number of hydrogen-bond donors (Lipinski definition) is 3. The molecule has 1 aromatic rings. The van der Waals surface area contributed by atoms with Crippen LogP contribution in [0, 0.1) is 11.3 Å². The minimum Gasteiger partial charge on any atom is -0.481 e. The number of urea groups is 1. The molecule has 0 spiro atoms. The molecule has 0 aromatic heterocycles. The smallest absolute Gasteiger partial charge is 0.319 e. The number of carboxylic acid groups (broad SMARTS) is 1. The summed E-state index contributed by atoms with van der Waals surface area (Å²) >= 11 is 0. The highest BCUT2D eigenvalue weighted by molar-refractivity contribution is 5.90. The number of carboxylic acids is 1. The molecule has 0 heterocycles. The Balaban J connectivity index is 2.51. The molecule has 6 heteroatoms. The first-order valence-electron chi connectivity index (χ1n) is 5.81. The van der Waals surface area contributed by atoms with Gasteiger partial charge in [-0.2, -0.15) is 5.26 Å². The molecule has 6 nitrogen and oxygen atoms in total. The second-order valence-corrected chi connectivity index (χ2v) is 4.09. The van der Waals surface area contributed by atoms with Gasteiger partial charge in [-0.25, -0.2) is 4.79 Å². The minimum atomic E-state index is -0.899. The van der Waals surface area contributed by atoms with Crippen LogP contribution in [0.2, 0.25) is 0 Å². The number of anilines is 1. The molecule has 2 amide bonds. The van der Waals surface area contributed by atoms with E-state index in [-0.39, 0.29) is 12.5 Å². The Kier molecular flexibility index (Phi) is 5.35. The van der Waals surface area contributed by atoms with E-state index in [4.69, 9.17) is 10.4 Å². The van der Waals surface area contributed by atoms with Crippen molar-refractivity contribution in [1.82, 2.24) is 5.32 Å². The van der Waals surface area contributed by atoms with Gasteiger partial charge in [0.05, 0.1) is 11.3 Å². The van der Waals surface area contributed by atoms with Crippen molar-refractivity contribution in [1.29, 1.82) is 5.26 Å². The molecule has 0 aliphatic carbocycles. The van der Waals surface area contributed by atoms with E-state index in [2.05, 4.69) is 10.6 Å². The monoisotopic (exact) mass is 261 g/mol. The number of aliphatic carboxylic acids is 1. The Hall–Kier alpha value is -2.55. The van der Waals surface area contributed by atoms with Crippen LogP contribution in [0.3, 0.4) is 0 Å². The van der Waals surface area contributed by atoms with Crippen molar-refractivity contribution < 1.29 is 14.7 Å². The molecular weight excluding hydrogens is 246 g/mol. The van der Waals surface area contributed by atoms with Crippen molar-refractivity contribution in [2.24, 2.45) is 0 Å². The van der Waals surface area contributed by atoms with Crippen LogP contribution < -0.4 is 10.6 Å². The van der Waals surface area contributed by atoms with E-state index in [0.717, 1.165) is 0 Å². The molecule has 1 aromatic carbocycles. The van der Waals surface area contributed by atoms with E-state index in [1.165, 1.54) is 0 Å². The van der Waals surface area contributed by atoms with Crippen molar-refractivity contribution in [2.45, 2.75) is 25.8 Å². The summed E-state index contributed by atoms with van der Waals surface area (Å²) < 4.78 is 0. The predicted molar refractivity (Wildman–Crippen MR) is 69.6 cm³/mol. The van der Waals surface area contributed by atoms with Gasteiger partial charge < -0.3 is 15.7 Å². The summed E-state index contributed by atoms with van der Waals surface area (Å²) in [4.78, 5) is 22.1. The SMILES string of the molecule is CC(CCC(=O)O)NC(=O)Nc1ccccc1C#N. The quantitative estimate of drug-likeness (QED) is 0.753. The van der Waals surface area contributed by atoms with Gasteiger partial charge in [-0.05, 0) is 25.5 Å². The largest absolute Gasteiger partial charge is 0.481 e. The second-order valence-electron chi connectivity index (χ2n) is 4.09. The van der Waals surface area contributed by atoms with Gasteiger partial charge in [0.15, 0.2) is 0 Å². The molecule has 1 atom stereocenters. The molecule has 0 radical (unpaired) electrons. The van der Waals surface area contributed by atoms with Gasteiger partial charge in [-0.15, -0.1) is 0 Å². The van der Waals surface area contributed by atoms with E-state index < -0.39 is 12.0 Å². The van der Waals surface area contributed by atoms with E-state index in [1.807, 2.05) is 6.07 Å². The Morgan fingerprint density at radius 2 is 2.11 bits per heavy atom. The molecule has 0 saturated carbocycles. The summed E-state index contributed by atoms with van der Waals surface area (Å²) in [7, 11) is 0. The lowest BCUT2D eigenvalue weighted by atomic mass is 10.2. The Labute approximate surface area is 111 Å². The molecule has 0 aliphatic heterocycles. The number of carbonyl (C=O) groups excluding carboxylic acids is 1. The molecule has 0 fully saturated rings. The Morgan fingerprint density at radius 1 is 1.42 bits per heavy atom. The average molecular weight is 261 g/mol. The highest BCUT2D eigenvalue weighted by Crippen LogP contribution is 2.13. The van der Waals surface area contributed by atoms with E-state index in [0.29, 0.717) is 17.7 Å². The maximum absolute atomic E-state index is 11.7. The molecule has 0 saturated heterocycles. The van der Waals surface area contributed by atoms with Crippen LogP contribution >= 0.6 is 0 Å². The summed E-state index contributed by atoms with van der Waals surface area (Å²) in [5.74, 6) is -0.899. The third-order valence-electron chi connectivity index (χ3n) is 2.46. The zero-order chi connectivity index (χ0) is 14.3. The van der Waals surface area contributed by atoms with Crippen molar-refractivity contribution >= 4 is 17.7 Å². The normalized spacial score (nSPS) is 11.2. The number of nitriles is 1. The highest BCUT2D eigenvalue weighted by atomic mass is 16.4. The summed E-state index contributed by atoms with van der Waals surface area (Å²) in [5.41, 5.74) is 0.795. The molecule has 0 aliphatic rings. The summed E-state index contributed by atoms with van der Waals surface area (Å²) in [5, 5.41) is 22.6. The third-order valence-corrected chi connectivity index (χ3v) is 2.46. The van der Waals surface area contributed by atoms with Gasteiger partial charge in [0.2, 0.25) is 0 Å². The lowest BCUT2D eigenvalue weighted by molar-refractivity contribution is -0.137. The molecule has 100 valence electrons. The second kappa shape index (κ2) is 7.01. The fraction of sp³-hybridized carbons (Fsp3) is 0.308. The highest BCUT2D eigenvalue weighted by Gasteiger charge is 2.10. The number of para-hydroxylation sites is 1. The third kappa shape index (κ3) is 5.08. The molecular formula is C13H15N3O3. The van der Waals surface area contributed by atoms with Crippen molar-refractivity contribution in [3.63, 3.8) is 0 Å². The van der Waals surface area contributed by atoms with Gasteiger partial charge in [0.25, 0.3) is 0 Å². The Morgan fingerprint density at radius 3 is 2.74 bits per heavy atom. The van der Waals surface area contributed by atoms with Crippen LogP contribution in [-0.4, -0.2) is 23.1 Å². The number of nitrogens with one attached hydrogen (secondary N) is 2. The first kappa shape index (κ1) is 14.5. The van der Waals surface area contributed by atoms with Crippen LogP contribution in [0.25, 0.3) is 0 Å². The van der Waals surface area contributed by atoms with Crippen molar-refractivity contribution in [3.05, 3.63) is 29.8 Å². The van der Waals surface area contributed by atoms with Gasteiger partial charge >= 0.3 is 12.0 Å². The molecule has 1 unspecified atom stereocenters. The standard InChI is InChI=1S/C13H15N3O3/c1-9(6-7-12(17)18)15-13(19)16-11-5-3-2-4-10(11)8-14/h2-5,9H,6-7H2,1H3,(H,17,18)(H2,15,16,19). The zero-order valence-corrected chi connectivity index (χ0v) is 10.5. The minimum absolute atomic E-state index is 0.00374. The van der Waals surface area contributed by atoms with Crippen LogP contribution in [0.1, 0.15) is 25.3 Å². The first-order valence-corrected chi connectivity index (χ1v) is 5.81. The fourth-order valence-electron chi connectivity index (χ4n) is 1.48. The lowest BCUT2D eigenvalue weighted by Gasteiger charge is -2.14. The van der Waals surface area contributed by atoms with Crippen LogP contribution in [-0.2, 0) is 4.79 Å². The number of amides is 2. The van der Waals surface area contributed by atoms with Crippen LogP contribution in [0.4, 0.5) is 10.5 Å². The predicted octanol–water partition coefficient (Wildman–Crippen LogP) is 1.93. The summed E-state index contributed by atoms with van der Waals surface area (Å²) in [6.07, 6.45) is 0.346. The maximum Gasteiger partial charge on any atom is 0.319 e. The van der Waals surface area contributed by atoms with Crippen LogP contribution in [0.15, 0.2) is 24.3 Å². The number of benzene rings is 1. The van der Waals surface area contributed by atoms with Gasteiger partial charge in [-0.1, -0.05) is 12.1 Å². The van der Waals surface area contributed by atoms with Gasteiger partial charge in [0.1, 0.15) is 6.07 Å². The topological polar surface area (TPSA) is 102 Å². The fourth-order valence-corrected chi connectivity index (χ4v) is 1.48. The maximum atomic E-state index is 11.7. The van der Waals surface area contributed by atoms with Crippen molar-refractivity contribution in [2.75, 3.05) is 5.32 Å². The van der Waals surface area contributed by atoms with Gasteiger partial charge in [0, 0.05) is 12.5 Å². The first-order chi connectivity index (χ1) is 9.02. The summed E-state index contributed by atoms with van der Waals surface area (Å²) in [6, 6.07) is 7.90. The van der Waals surface area contributed by atoms with Crippen LogP contribution in [0.5, 0.6) is 0 Å². The van der Waals surface area contributed by atoms with E-state index in [1.54, 1.807) is 31.2 Å². The molecule has 19 heavy (non-hydrogen) atoms. The zero-order valence-electron chi connectivity index (χ0n) is 10.5. The average Bonchev–Trinajstić information content (AvgIpc) is 2.37. The summed E-state index contributed by atoms with van der Waals surface area (Å²) in [6.45, 7) is 1.72. The number of carbonyl (C=O) groups is 2. The van der Waals surface area contributed by atoms with E-state index >= 15 is 0 Å². The van der Waals surface area contributed by atoms with Gasteiger partial charge in [-0.3, -0.25) is 4.79 Å².